The molecule has 3 N–H and O–H groups in total. The molecule has 7 heteroatoms. The van der Waals surface area contributed by atoms with Crippen molar-refractivity contribution < 1.29 is 13.6 Å². The van der Waals surface area contributed by atoms with Crippen LogP contribution in [0.25, 0.3) is 21.9 Å². The van der Waals surface area contributed by atoms with Crippen LogP contribution in [-0.2, 0) is 4.79 Å². The predicted molar refractivity (Wildman–Crippen MR) is 105 cm³/mol. The van der Waals surface area contributed by atoms with Gasteiger partial charge in [-0.25, -0.2) is 13.8 Å². The molecule has 4 rings (SSSR count). The summed E-state index contributed by atoms with van der Waals surface area (Å²) in [5, 5.41) is 3.76. The van der Waals surface area contributed by atoms with E-state index < -0.39 is 12.0 Å². The van der Waals surface area contributed by atoms with E-state index in [4.69, 9.17) is 5.73 Å². The average molecular weight is 380 g/mol. The quantitative estimate of drug-likeness (QED) is 0.524. The SMILES string of the molecule is Cc1ccncc1-c1cc2cc(NC(=O)C=C3CC(F)C3)ncc2c(N)c1F. The number of aromatic nitrogens is 2. The number of halogens is 2. The Labute approximate surface area is 160 Å². The Morgan fingerprint density at radius 1 is 1.29 bits per heavy atom. The van der Waals surface area contributed by atoms with Crippen LogP contribution in [0.4, 0.5) is 20.3 Å². The Morgan fingerprint density at radius 2 is 2.07 bits per heavy atom. The summed E-state index contributed by atoms with van der Waals surface area (Å²) in [6.07, 6.45) is 5.78. The van der Waals surface area contributed by atoms with Gasteiger partial charge in [0.05, 0.1) is 5.69 Å². The van der Waals surface area contributed by atoms with Gasteiger partial charge in [-0.1, -0.05) is 5.57 Å². The first kappa shape index (κ1) is 18.0. The number of benzene rings is 1. The molecular formula is C21H18F2N4O. The van der Waals surface area contributed by atoms with Crippen LogP contribution in [0.5, 0.6) is 0 Å². The van der Waals surface area contributed by atoms with Crippen LogP contribution >= 0.6 is 0 Å². The molecule has 1 saturated carbocycles. The minimum Gasteiger partial charge on any atom is -0.396 e. The predicted octanol–water partition coefficient (Wildman–Crippen LogP) is 4.32. The lowest BCUT2D eigenvalue weighted by molar-refractivity contribution is -0.112. The number of pyridine rings is 2. The van der Waals surface area contributed by atoms with Crippen LogP contribution in [0, 0.1) is 12.7 Å². The number of rotatable bonds is 3. The second kappa shape index (κ2) is 6.99. The Hall–Kier alpha value is -3.35. The lowest BCUT2D eigenvalue weighted by atomic mass is 9.90. The maximum absolute atomic E-state index is 14.8. The molecule has 2 heterocycles. The number of nitrogens with one attached hydrogen (secondary N) is 1. The van der Waals surface area contributed by atoms with E-state index in [2.05, 4.69) is 15.3 Å². The fourth-order valence-electron chi connectivity index (χ4n) is 3.28. The second-order valence-electron chi connectivity index (χ2n) is 6.93. The third-order valence-corrected chi connectivity index (χ3v) is 4.88. The highest BCUT2D eigenvalue weighted by Crippen LogP contribution is 2.35. The number of nitrogen functional groups attached to an aromatic ring is 1. The molecule has 1 fully saturated rings. The number of alkyl halides is 1. The molecule has 5 nitrogen and oxygen atoms in total. The third-order valence-electron chi connectivity index (χ3n) is 4.88. The number of hydrogen-bond acceptors (Lipinski definition) is 4. The minimum atomic E-state index is -0.856. The molecule has 0 bridgehead atoms. The van der Waals surface area contributed by atoms with Crippen molar-refractivity contribution in [3.63, 3.8) is 0 Å². The van der Waals surface area contributed by atoms with Gasteiger partial charge in [0.1, 0.15) is 12.0 Å². The highest BCUT2D eigenvalue weighted by Gasteiger charge is 2.23. The van der Waals surface area contributed by atoms with E-state index in [0.717, 1.165) is 11.1 Å². The lowest BCUT2D eigenvalue weighted by Gasteiger charge is -2.21. The summed E-state index contributed by atoms with van der Waals surface area (Å²) >= 11 is 0. The van der Waals surface area contributed by atoms with Crippen molar-refractivity contribution >= 4 is 28.2 Å². The number of aryl methyl sites for hydroxylation is 1. The van der Waals surface area contributed by atoms with E-state index in [9.17, 15) is 13.6 Å². The molecule has 2 aromatic heterocycles. The summed E-state index contributed by atoms with van der Waals surface area (Å²) < 4.78 is 27.7. The molecule has 28 heavy (non-hydrogen) atoms. The van der Waals surface area contributed by atoms with Gasteiger partial charge in [-0.3, -0.25) is 9.78 Å². The molecule has 3 aromatic rings. The number of nitrogens with zero attached hydrogens (tertiary/aromatic N) is 2. The second-order valence-corrected chi connectivity index (χ2v) is 6.93. The number of hydrogen-bond donors (Lipinski definition) is 2. The van der Waals surface area contributed by atoms with Crippen LogP contribution in [0.2, 0.25) is 0 Å². The van der Waals surface area contributed by atoms with Gasteiger partial charge < -0.3 is 11.1 Å². The lowest BCUT2D eigenvalue weighted by Crippen LogP contribution is -2.18. The monoisotopic (exact) mass is 380 g/mol. The van der Waals surface area contributed by atoms with Crippen LogP contribution in [-0.4, -0.2) is 22.0 Å². The molecule has 0 radical (unpaired) electrons. The first-order chi connectivity index (χ1) is 13.4. The van der Waals surface area contributed by atoms with E-state index in [1.54, 1.807) is 30.6 Å². The molecule has 1 aliphatic rings. The third kappa shape index (κ3) is 3.31. The smallest absolute Gasteiger partial charge is 0.249 e. The zero-order valence-electron chi connectivity index (χ0n) is 15.2. The van der Waals surface area contributed by atoms with Gasteiger partial charge in [-0.2, -0.15) is 0 Å². The molecular weight excluding hydrogens is 362 g/mol. The Kier molecular flexibility index (Phi) is 4.50. The molecule has 1 aliphatic carbocycles. The summed E-state index contributed by atoms with van der Waals surface area (Å²) in [5.41, 5.74) is 8.61. The zero-order chi connectivity index (χ0) is 19.8. The van der Waals surface area contributed by atoms with E-state index in [-0.39, 0.29) is 11.6 Å². The molecule has 0 saturated heterocycles. The number of anilines is 2. The Balaban J connectivity index is 1.71. The van der Waals surface area contributed by atoms with Crippen LogP contribution in [0.1, 0.15) is 18.4 Å². The van der Waals surface area contributed by atoms with Crippen molar-refractivity contribution in [3.8, 4) is 11.1 Å². The average Bonchev–Trinajstić information content (AvgIpc) is 2.64. The van der Waals surface area contributed by atoms with Gasteiger partial charge in [-0.05, 0) is 36.1 Å². The zero-order valence-corrected chi connectivity index (χ0v) is 15.2. The molecule has 0 spiro atoms. The molecule has 0 atom stereocenters. The van der Waals surface area contributed by atoms with Crippen molar-refractivity contribution in [1.82, 2.24) is 9.97 Å². The van der Waals surface area contributed by atoms with Gasteiger partial charge >= 0.3 is 0 Å². The van der Waals surface area contributed by atoms with Gasteiger partial charge in [-0.15, -0.1) is 0 Å². The standard InChI is InChI=1S/C21H18F2N4O/c1-11-2-3-25-9-16(11)15-7-13-8-18(26-10-17(13)21(24)20(15)23)27-19(28)6-12-4-14(22)5-12/h2-3,6-10,14H,4-5,24H2,1H3,(H,26,27,28). The summed E-state index contributed by atoms with van der Waals surface area (Å²) in [5.74, 6) is -0.588. The van der Waals surface area contributed by atoms with Crippen LogP contribution < -0.4 is 11.1 Å². The van der Waals surface area contributed by atoms with Gasteiger partial charge in [0.2, 0.25) is 5.91 Å². The maximum atomic E-state index is 14.8. The van der Waals surface area contributed by atoms with E-state index >= 15 is 0 Å². The summed E-state index contributed by atoms with van der Waals surface area (Å²) in [4.78, 5) is 20.3. The Bertz CT molecular complexity index is 1120. The number of carbonyl (C=O) groups is 1. The highest BCUT2D eigenvalue weighted by atomic mass is 19.1. The largest absolute Gasteiger partial charge is 0.396 e. The van der Waals surface area contributed by atoms with Gasteiger partial charge in [0.25, 0.3) is 0 Å². The fraction of sp³-hybridized carbons (Fsp3) is 0.190. The summed E-state index contributed by atoms with van der Waals surface area (Å²) in [6.45, 7) is 1.87. The first-order valence-electron chi connectivity index (χ1n) is 8.85. The number of amides is 1. The topological polar surface area (TPSA) is 80.9 Å². The van der Waals surface area contributed by atoms with Crippen molar-refractivity contribution in [1.29, 1.82) is 0 Å². The van der Waals surface area contributed by atoms with Crippen molar-refractivity contribution in [2.24, 2.45) is 0 Å². The maximum Gasteiger partial charge on any atom is 0.249 e. The van der Waals surface area contributed by atoms with E-state index in [1.165, 1.54) is 12.3 Å². The van der Waals surface area contributed by atoms with Crippen LogP contribution in [0.3, 0.4) is 0 Å². The number of nitrogens with two attached hydrogens (primary N) is 1. The van der Waals surface area contributed by atoms with Crippen LogP contribution in [0.15, 0.2) is 48.4 Å². The van der Waals surface area contributed by atoms with Gasteiger partial charge in [0, 0.05) is 54.0 Å². The molecule has 0 unspecified atom stereocenters. The van der Waals surface area contributed by atoms with E-state index in [1.807, 2.05) is 6.92 Å². The first-order valence-corrected chi connectivity index (χ1v) is 8.85. The fourth-order valence-corrected chi connectivity index (χ4v) is 3.28. The molecule has 1 aromatic carbocycles. The van der Waals surface area contributed by atoms with Crippen molar-refractivity contribution in [3.05, 3.63) is 59.8 Å². The van der Waals surface area contributed by atoms with Crippen molar-refractivity contribution in [2.75, 3.05) is 11.1 Å². The highest BCUT2D eigenvalue weighted by molar-refractivity contribution is 6.02. The van der Waals surface area contributed by atoms with E-state index in [0.29, 0.717) is 40.6 Å². The minimum absolute atomic E-state index is 0.00768. The van der Waals surface area contributed by atoms with Crippen molar-refractivity contribution in [2.45, 2.75) is 25.9 Å². The molecule has 1 amide bonds. The Morgan fingerprint density at radius 3 is 2.79 bits per heavy atom. The number of allylic oxidation sites excluding steroid dienone is 1. The normalized spacial score (nSPS) is 16.0. The van der Waals surface area contributed by atoms with Gasteiger partial charge in [0.15, 0.2) is 5.82 Å². The summed E-state index contributed by atoms with van der Waals surface area (Å²) in [7, 11) is 0. The molecule has 0 aliphatic heterocycles. The molecule has 142 valence electrons. The number of carbonyl (C=O) groups excluding carboxylic acids is 1. The summed E-state index contributed by atoms with van der Waals surface area (Å²) in [6, 6.07) is 5.10. The number of fused-ring (bicyclic) bond motifs is 1.